The standard InChI is InChI=1S/C23H23F2N3O3/c1-31-19-6-3-16(4-7-19)2-5-17-14-27-11-10-20(17)21(29)8-9-22(30)28-15-23(24,25)12-18(28)13-26/h3-4,6-7,10-11,14,18H,2,5,8-9,12,15H2,1H3/t18-/m0/s1. The number of methoxy groups -OCH3 is 1. The van der Waals surface area contributed by atoms with Crippen LogP contribution in [0.3, 0.4) is 0 Å². The maximum absolute atomic E-state index is 13.5. The number of alkyl halides is 2. The lowest BCUT2D eigenvalue weighted by Crippen LogP contribution is -2.36. The van der Waals surface area contributed by atoms with Gasteiger partial charge in [-0.3, -0.25) is 14.6 Å². The van der Waals surface area contributed by atoms with E-state index in [1.54, 1.807) is 25.4 Å². The third kappa shape index (κ3) is 5.63. The molecule has 0 aliphatic carbocycles. The number of rotatable bonds is 8. The van der Waals surface area contributed by atoms with E-state index in [9.17, 15) is 18.4 Å². The molecule has 6 nitrogen and oxygen atoms in total. The van der Waals surface area contributed by atoms with Crippen LogP contribution in [0.5, 0.6) is 5.75 Å². The number of ether oxygens (including phenoxy) is 1. The Morgan fingerprint density at radius 3 is 2.65 bits per heavy atom. The number of carbonyl (C=O) groups is 2. The number of carbonyl (C=O) groups excluding carboxylic acids is 2. The van der Waals surface area contributed by atoms with E-state index in [0.717, 1.165) is 21.8 Å². The number of nitrogens with zero attached hydrogens (tertiary/aromatic N) is 3. The van der Waals surface area contributed by atoms with Crippen LogP contribution in [0.25, 0.3) is 0 Å². The highest BCUT2D eigenvalue weighted by molar-refractivity contribution is 5.99. The van der Waals surface area contributed by atoms with Gasteiger partial charge >= 0.3 is 0 Å². The lowest BCUT2D eigenvalue weighted by molar-refractivity contribution is -0.132. The van der Waals surface area contributed by atoms with Crippen LogP contribution in [0.1, 0.15) is 40.7 Å². The van der Waals surface area contributed by atoms with Crippen LogP contribution in [0, 0.1) is 11.3 Å². The van der Waals surface area contributed by atoms with Crippen LogP contribution in [0.15, 0.2) is 42.7 Å². The van der Waals surface area contributed by atoms with E-state index < -0.39 is 30.8 Å². The van der Waals surface area contributed by atoms with Crippen molar-refractivity contribution in [1.29, 1.82) is 5.26 Å². The summed E-state index contributed by atoms with van der Waals surface area (Å²) < 4.78 is 32.2. The first-order valence-corrected chi connectivity index (χ1v) is 9.99. The largest absolute Gasteiger partial charge is 0.497 e. The number of halogens is 2. The van der Waals surface area contributed by atoms with Crippen molar-refractivity contribution in [3.63, 3.8) is 0 Å². The number of benzene rings is 1. The predicted molar refractivity (Wildman–Crippen MR) is 109 cm³/mol. The highest BCUT2D eigenvalue weighted by atomic mass is 19.3. The molecule has 1 amide bonds. The zero-order valence-electron chi connectivity index (χ0n) is 17.2. The molecule has 8 heteroatoms. The number of Topliss-reactive ketones (excluding diaryl/α,β-unsaturated/α-hetero) is 1. The summed E-state index contributed by atoms with van der Waals surface area (Å²) in [5.41, 5.74) is 2.31. The summed E-state index contributed by atoms with van der Waals surface area (Å²) >= 11 is 0. The average Bonchev–Trinajstić information content (AvgIpc) is 3.11. The van der Waals surface area contributed by atoms with E-state index in [1.165, 1.54) is 6.20 Å². The van der Waals surface area contributed by atoms with Crippen molar-refractivity contribution in [2.75, 3.05) is 13.7 Å². The molecule has 1 aromatic carbocycles. The molecule has 2 heterocycles. The topological polar surface area (TPSA) is 83.3 Å². The van der Waals surface area contributed by atoms with Crippen molar-refractivity contribution >= 4 is 11.7 Å². The first-order chi connectivity index (χ1) is 14.8. The van der Waals surface area contributed by atoms with Gasteiger partial charge in [0.2, 0.25) is 5.91 Å². The summed E-state index contributed by atoms with van der Waals surface area (Å²) in [6.07, 6.45) is 3.44. The van der Waals surface area contributed by atoms with Gasteiger partial charge in [-0.2, -0.15) is 5.26 Å². The normalized spacial score (nSPS) is 17.2. The number of amides is 1. The van der Waals surface area contributed by atoms with E-state index in [-0.39, 0.29) is 18.6 Å². The first kappa shape index (κ1) is 22.3. The Hall–Kier alpha value is -3.34. The van der Waals surface area contributed by atoms with Crippen molar-refractivity contribution in [2.45, 2.75) is 44.1 Å². The fourth-order valence-electron chi connectivity index (χ4n) is 3.66. The number of ketones is 1. The molecule has 0 radical (unpaired) electrons. The molecule has 0 N–H and O–H groups in total. The minimum absolute atomic E-state index is 0.112. The molecule has 31 heavy (non-hydrogen) atoms. The zero-order valence-corrected chi connectivity index (χ0v) is 17.2. The third-order valence-corrected chi connectivity index (χ3v) is 5.35. The van der Waals surface area contributed by atoms with E-state index in [0.29, 0.717) is 18.4 Å². The van der Waals surface area contributed by atoms with Crippen molar-refractivity contribution in [2.24, 2.45) is 0 Å². The van der Waals surface area contributed by atoms with E-state index >= 15 is 0 Å². The molecule has 1 aromatic heterocycles. The fraction of sp³-hybridized carbons (Fsp3) is 0.391. The Kier molecular flexibility index (Phi) is 6.95. The molecule has 1 saturated heterocycles. The monoisotopic (exact) mass is 427 g/mol. The second-order valence-corrected chi connectivity index (χ2v) is 7.53. The van der Waals surface area contributed by atoms with Gasteiger partial charge in [-0.1, -0.05) is 12.1 Å². The van der Waals surface area contributed by atoms with Crippen molar-refractivity contribution < 1.29 is 23.1 Å². The summed E-state index contributed by atoms with van der Waals surface area (Å²) in [6.45, 7) is -0.777. The Bertz CT molecular complexity index is 986. The van der Waals surface area contributed by atoms with Gasteiger partial charge < -0.3 is 9.64 Å². The number of likely N-dealkylation sites (tertiary alicyclic amines) is 1. The number of nitriles is 1. The van der Waals surface area contributed by atoms with Gasteiger partial charge in [0.1, 0.15) is 11.8 Å². The maximum Gasteiger partial charge on any atom is 0.268 e. The quantitative estimate of drug-likeness (QED) is 0.601. The van der Waals surface area contributed by atoms with Crippen LogP contribution >= 0.6 is 0 Å². The lowest BCUT2D eigenvalue weighted by atomic mass is 9.97. The molecule has 1 aliphatic heterocycles. The first-order valence-electron chi connectivity index (χ1n) is 9.99. The smallest absolute Gasteiger partial charge is 0.268 e. The van der Waals surface area contributed by atoms with Crippen LogP contribution in [-0.4, -0.2) is 47.2 Å². The average molecular weight is 427 g/mol. The summed E-state index contributed by atoms with van der Waals surface area (Å²) in [5.74, 6) is -3.16. The zero-order chi connectivity index (χ0) is 22.4. The predicted octanol–water partition coefficient (Wildman–Crippen LogP) is 3.60. The Balaban J connectivity index is 1.60. The van der Waals surface area contributed by atoms with Crippen LogP contribution in [0.4, 0.5) is 8.78 Å². The molecule has 0 saturated carbocycles. The van der Waals surface area contributed by atoms with Crippen molar-refractivity contribution in [1.82, 2.24) is 9.88 Å². The second-order valence-electron chi connectivity index (χ2n) is 7.53. The molecule has 1 aliphatic rings. The number of hydrogen-bond acceptors (Lipinski definition) is 5. The number of aromatic nitrogens is 1. The molecule has 1 atom stereocenters. The molecule has 2 aromatic rings. The van der Waals surface area contributed by atoms with Gasteiger partial charge in [0.15, 0.2) is 5.78 Å². The van der Waals surface area contributed by atoms with Gasteiger partial charge in [0.05, 0.1) is 19.7 Å². The minimum Gasteiger partial charge on any atom is -0.497 e. The fourth-order valence-corrected chi connectivity index (χ4v) is 3.66. The van der Waals surface area contributed by atoms with Crippen molar-refractivity contribution in [3.05, 3.63) is 59.4 Å². The Morgan fingerprint density at radius 1 is 1.23 bits per heavy atom. The summed E-state index contributed by atoms with van der Waals surface area (Å²) in [5, 5.41) is 9.03. The van der Waals surface area contributed by atoms with Gasteiger partial charge in [-0.25, -0.2) is 8.78 Å². The van der Waals surface area contributed by atoms with Gasteiger partial charge in [0.25, 0.3) is 5.92 Å². The Morgan fingerprint density at radius 2 is 1.97 bits per heavy atom. The maximum atomic E-state index is 13.5. The van der Waals surface area contributed by atoms with Crippen LogP contribution in [-0.2, 0) is 17.6 Å². The van der Waals surface area contributed by atoms with E-state index in [2.05, 4.69) is 4.98 Å². The molecular formula is C23H23F2N3O3. The molecule has 0 spiro atoms. The van der Waals surface area contributed by atoms with Gasteiger partial charge in [0, 0.05) is 37.2 Å². The van der Waals surface area contributed by atoms with Gasteiger partial charge in [-0.15, -0.1) is 0 Å². The molecule has 3 rings (SSSR count). The Labute approximate surface area is 179 Å². The van der Waals surface area contributed by atoms with E-state index in [1.807, 2.05) is 24.3 Å². The molecular weight excluding hydrogens is 404 g/mol. The van der Waals surface area contributed by atoms with Gasteiger partial charge in [-0.05, 0) is 42.2 Å². The highest BCUT2D eigenvalue weighted by Gasteiger charge is 2.47. The number of hydrogen-bond donors (Lipinski definition) is 0. The molecule has 0 bridgehead atoms. The van der Waals surface area contributed by atoms with E-state index in [4.69, 9.17) is 10.00 Å². The number of pyridine rings is 1. The SMILES string of the molecule is COc1ccc(CCc2cnccc2C(=O)CCC(=O)N2CC(F)(F)C[C@H]2C#N)cc1. The molecule has 162 valence electrons. The number of aryl methyl sites for hydroxylation is 2. The minimum atomic E-state index is -3.07. The summed E-state index contributed by atoms with van der Waals surface area (Å²) in [6, 6.07) is 9.84. The second kappa shape index (κ2) is 9.65. The van der Waals surface area contributed by atoms with Crippen LogP contribution < -0.4 is 4.74 Å². The molecule has 0 unspecified atom stereocenters. The summed E-state index contributed by atoms with van der Waals surface area (Å²) in [7, 11) is 1.60. The van der Waals surface area contributed by atoms with Crippen molar-refractivity contribution in [3.8, 4) is 11.8 Å². The lowest BCUT2D eigenvalue weighted by Gasteiger charge is -2.19. The third-order valence-electron chi connectivity index (χ3n) is 5.35. The summed E-state index contributed by atoms with van der Waals surface area (Å²) in [4.78, 5) is 30.1. The van der Waals surface area contributed by atoms with Crippen LogP contribution in [0.2, 0.25) is 0 Å². The molecule has 1 fully saturated rings. The highest BCUT2D eigenvalue weighted by Crippen LogP contribution is 2.32.